The minimum absolute atomic E-state index is 0.0515. The highest BCUT2D eigenvalue weighted by Gasteiger charge is 2.45. The summed E-state index contributed by atoms with van der Waals surface area (Å²) >= 11 is 0. The Morgan fingerprint density at radius 1 is 1.32 bits per heavy atom. The number of nitro benzene ring substituents is 1. The van der Waals surface area contributed by atoms with E-state index in [9.17, 15) is 24.0 Å². The Hall–Kier alpha value is -3.44. The lowest BCUT2D eigenvalue weighted by molar-refractivity contribution is -0.384. The Kier molecular flexibility index (Phi) is 5.15. The number of benzene rings is 2. The van der Waals surface area contributed by atoms with Crippen molar-refractivity contribution in [2.75, 3.05) is 5.01 Å². The zero-order valence-electron chi connectivity index (χ0n) is 16.7. The monoisotopic (exact) mass is 430 g/mol. The topological polar surface area (TPSA) is 109 Å². The van der Waals surface area contributed by atoms with Gasteiger partial charge in [-0.15, -0.1) is 0 Å². The van der Waals surface area contributed by atoms with Gasteiger partial charge in [0, 0.05) is 29.3 Å². The molecular weight excluding hydrogens is 410 g/mol. The molecule has 11 heteroatoms. The van der Waals surface area contributed by atoms with E-state index in [0.29, 0.717) is 17.3 Å². The maximum Gasteiger partial charge on any atom is 0.269 e. The molecule has 0 aliphatic carbocycles. The number of hydrogen-bond donors (Lipinski definition) is 2. The molecule has 0 saturated heterocycles. The van der Waals surface area contributed by atoms with Gasteiger partial charge >= 0.3 is 0 Å². The van der Waals surface area contributed by atoms with Crippen LogP contribution in [0.3, 0.4) is 0 Å². The van der Waals surface area contributed by atoms with Crippen LogP contribution >= 0.6 is 0 Å². The van der Waals surface area contributed by atoms with E-state index >= 15 is 0 Å². The maximum absolute atomic E-state index is 14.8. The molecule has 0 saturated carbocycles. The predicted octanol–water partition coefficient (Wildman–Crippen LogP) is 2.83. The van der Waals surface area contributed by atoms with Crippen LogP contribution in [0.1, 0.15) is 31.0 Å². The van der Waals surface area contributed by atoms with Crippen LogP contribution in [0.5, 0.6) is 0 Å². The Labute approximate surface area is 176 Å². The number of hydrazine groups is 1. The van der Waals surface area contributed by atoms with Crippen molar-refractivity contribution in [3.05, 3.63) is 81.9 Å². The SMILES string of the molecule is CC1NN([C@H](C)[C@](O)(Cn2cncn2)c2ccc(F)cc2F)c2ccc([N+](=O)[O-])cc21. The van der Waals surface area contributed by atoms with Crippen LogP contribution in [-0.2, 0) is 12.1 Å². The summed E-state index contributed by atoms with van der Waals surface area (Å²) in [4.78, 5) is 14.5. The lowest BCUT2D eigenvalue weighted by atomic mass is 9.85. The lowest BCUT2D eigenvalue weighted by Crippen LogP contribution is -2.55. The Morgan fingerprint density at radius 2 is 2.10 bits per heavy atom. The fraction of sp³-hybridized carbons (Fsp3) is 0.300. The predicted molar refractivity (Wildman–Crippen MR) is 107 cm³/mol. The van der Waals surface area contributed by atoms with Gasteiger partial charge in [-0.1, -0.05) is 6.07 Å². The van der Waals surface area contributed by atoms with Crippen LogP contribution in [0.2, 0.25) is 0 Å². The molecule has 3 aromatic rings. The summed E-state index contributed by atoms with van der Waals surface area (Å²) in [5.74, 6) is -1.66. The van der Waals surface area contributed by atoms with Crippen molar-refractivity contribution in [1.29, 1.82) is 0 Å². The first kappa shape index (κ1) is 20.8. The quantitative estimate of drug-likeness (QED) is 0.457. The fourth-order valence-electron chi connectivity index (χ4n) is 3.95. The third-order valence-electron chi connectivity index (χ3n) is 5.63. The van der Waals surface area contributed by atoms with Gasteiger partial charge in [0.1, 0.15) is 29.9 Å². The Bertz CT molecular complexity index is 1130. The first-order valence-corrected chi connectivity index (χ1v) is 9.55. The molecular formula is C20H20F2N6O3. The van der Waals surface area contributed by atoms with E-state index < -0.39 is 28.2 Å². The number of nitro groups is 1. The van der Waals surface area contributed by atoms with Crippen molar-refractivity contribution in [2.45, 2.75) is 38.1 Å². The largest absolute Gasteiger partial charge is 0.381 e. The van der Waals surface area contributed by atoms with Gasteiger partial charge in [-0.25, -0.2) is 23.9 Å². The first-order chi connectivity index (χ1) is 14.7. The second-order valence-electron chi connectivity index (χ2n) is 7.54. The second-order valence-corrected chi connectivity index (χ2v) is 7.54. The molecule has 162 valence electrons. The third-order valence-corrected chi connectivity index (χ3v) is 5.63. The zero-order valence-corrected chi connectivity index (χ0v) is 16.7. The average molecular weight is 430 g/mol. The van der Waals surface area contributed by atoms with Crippen LogP contribution < -0.4 is 10.4 Å². The molecule has 4 rings (SSSR count). The number of hydrogen-bond acceptors (Lipinski definition) is 7. The highest BCUT2D eigenvalue weighted by Crippen LogP contribution is 2.41. The number of anilines is 1. The summed E-state index contributed by atoms with van der Waals surface area (Å²) in [6, 6.07) is 6.33. The highest BCUT2D eigenvalue weighted by molar-refractivity contribution is 5.62. The molecule has 3 atom stereocenters. The second kappa shape index (κ2) is 7.67. The van der Waals surface area contributed by atoms with Crippen LogP contribution in [0.25, 0.3) is 0 Å². The molecule has 0 bridgehead atoms. The van der Waals surface area contributed by atoms with Gasteiger partial charge in [-0.3, -0.25) is 10.1 Å². The van der Waals surface area contributed by atoms with Crippen molar-refractivity contribution < 1.29 is 18.8 Å². The molecule has 0 radical (unpaired) electrons. The van der Waals surface area contributed by atoms with Gasteiger partial charge in [-0.05, 0) is 26.0 Å². The van der Waals surface area contributed by atoms with Crippen LogP contribution in [0.4, 0.5) is 20.2 Å². The molecule has 2 N–H and O–H groups in total. The summed E-state index contributed by atoms with van der Waals surface area (Å²) in [6.45, 7) is 3.34. The van der Waals surface area contributed by atoms with E-state index in [1.54, 1.807) is 18.0 Å². The van der Waals surface area contributed by atoms with Crippen LogP contribution in [-0.4, -0.2) is 30.8 Å². The number of nitrogens with zero attached hydrogens (tertiary/aromatic N) is 5. The number of halogens is 2. The van der Waals surface area contributed by atoms with E-state index in [2.05, 4.69) is 15.5 Å². The fourth-order valence-corrected chi connectivity index (χ4v) is 3.95. The summed E-state index contributed by atoms with van der Waals surface area (Å²) in [6.07, 6.45) is 2.67. The van der Waals surface area contributed by atoms with E-state index in [1.807, 2.05) is 6.92 Å². The van der Waals surface area contributed by atoms with Crippen molar-refractivity contribution in [3.8, 4) is 0 Å². The standard InChI is InChI=1S/C20H20F2N6O3/c1-12-16-8-15(28(30)31)4-6-19(16)27(25-12)13(2)20(29,9-26-11-23-10-24-26)17-5-3-14(21)7-18(17)22/h3-8,10-13,25,29H,9H2,1-2H3/t12?,13-,20-/m1/s1. The van der Waals surface area contributed by atoms with Gasteiger partial charge in [0.25, 0.3) is 5.69 Å². The normalized spacial score (nSPS) is 18.5. The molecule has 2 aromatic carbocycles. The van der Waals surface area contributed by atoms with Crippen molar-refractivity contribution in [3.63, 3.8) is 0 Å². The van der Waals surface area contributed by atoms with Crippen LogP contribution in [0.15, 0.2) is 49.1 Å². The lowest BCUT2D eigenvalue weighted by Gasteiger charge is -2.40. The molecule has 1 aliphatic heterocycles. The average Bonchev–Trinajstić information content (AvgIpc) is 3.34. The van der Waals surface area contributed by atoms with Crippen molar-refractivity contribution >= 4 is 11.4 Å². The van der Waals surface area contributed by atoms with Crippen molar-refractivity contribution in [1.82, 2.24) is 20.2 Å². The number of aliphatic hydroxyl groups is 1. The molecule has 1 aliphatic rings. The number of aromatic nitrogens is 3. The molecule has 1 unspecified atom stereocenters. The number of nitrogens with one attached hydrogen (secondary N) is 1. The van der Waals surface area contributed by atoms with Gasteiger partial charge in [0.2, 0.25) is 0 Å². The smallest absolute Gasteiger partial charge is 0.269 e. The maximum atomic E-state index is 14.8. The van der Waals surface area contributed by atoms with Gasteiger partial charge < -0.3 is 10.1 Å². The number of rotatable bonds is 6. The van der Waals surface area contributed by atoms with E-state index in [-0.39, 0.29) is 23.8 Å². The summed E-state index contributed by atoms with van der Waals surface area (Å²) < 4.78 is 29.7. The number of non-ortho nitro benzene ring substituents is 1. The Balaban J connectivity index is 1.79. The molecule has 0 spiro atoms. The van der Waals surface area contributed by atoms with E-state index in [4.69, 9.17) is 0 Å². The van der Waals surface area contributed by atoms with Gasteiger partial charge in [0.15, 0.2) is 0 Å². The Morgan fingerprint density at radius 3 is 2.74 bits per heavy atom. The molecule has 9 nitrogen and oxygen atoms in total. The van der Waals surface area contributed by atoms with Gasteiger partial charge in [0.05, 0.1) is 29.2 Å². The summed E-state index contributed by atoms with van der Waals surface area (Å²) in [5, 5.41) is 28.6. The van der Waals surface area contributed by atoms with E-state index in [1.165, 1.54) is 35.5 Å². The van der Waals surface area contributed by atoms with Crippen molar-refractivity contribution in [2.24, 2.45) is 0 Å². The summed E-state index contributed by atoms with van der Waals surface area (Å²) in [7, 11) is 0. The first-order valence-electron chi connectivity index (χ1n) is 9.55. The van der Waals surface area contributed by atoms with Crippen LogP contribution in [0, 0.1) is 21.7 Å². The minimum Gasteiger partial charge on any atom is -0.381 e. The van der Waals surface area contributed by atoms with E-state index in [0.717, 1.165) is 6.07 Å². The molecule has 31 heavy (non-hydrogen) atoms. The molecule has 0 fully saturated rings. The summed E-state index contributed by atoms with van der Waals surface area (Å²) in [5.41, 5.74) is 2.45. The third kappa shape index (κ3) is 3.62. The molecule has 2 heterocycles. The number of fused-ring (bicyclic) bond motifs is 1. The zero-order chi connectivity index (χ0) is 22.3. The minimum atomic E-state index is -1.86. The molecule has 1 aromatic heterocycles. The highest BCUT2D eigenvalue weighted by atomic mass is 19.1. The van der Waals surface area contributed by atoms with Gasteiger partial charge in [-0.2, -0.15) is 5.10 Å². The molecule has 0 amide bonds.